The largest absolute Gasteiger partial charge is 0.381 e. The van der Waals surface area contributed by atoms with Gasteiger partial charge in [-0.15, -0.1) is 0 Å². The summed E-state index contributed by atoms with van der Waals surface area (Å²) in [7, 11) is 1.67. The van der Waals surface area contributed by atoms with E-state index in [1.807, 2.05) is 6.07 Å². The van der Waals surface area contributed by atoms with Gasteiger partial charge in [0, 0.05) is 38.9 Å². The van der Waals surface area contributed by atoms with Crippen molar-refractivity contribution < 1.29 is 9.13 Å². The van der Waals surface area contributed by atoms with Crippen LogP contribution in [-0.4, -0.2) is 32.8 Å². The molecule has 0 saturated carbocycles. The van der Waals surface area contributed by atoms with Gasteiger partial charge in [-0.3, -0.25) is 4.99 Å². The molecule has 0 unspecified atom stereocenters. The summed E-state index contributed by atoms with van der Waals surface area (Å²) in [5, 5.41) is 14.9. The van der Waals surface area contributed by atoms with Crippen molar-refractivity contribution in [2.24, 2.45) is 4.99 Å². The lowest BCUT2D eigenvalue weighted by Crippen LogP contribution is -2.37. The third kappa shape index (κ3) is 7.61. The van der Waals surface area contributed by atoms with E-state index in [0.717, 1.165) is 32.4 Å². The van der Waals surface area contributed by atoms with E-state index in [1.54, 1.807) is 19.2 Å². The first-order valence-electron chi connectivity index (χ1n) is 7.92. The van der Waals surface area contributed by atoms with Crippen LogP contribution in [0.2, 0.25) is 0 Å². The maximum atomic E-state index is 13.8. The second-order valence-electron chi connectivity index (χ2n) is 5.09. The standard InChI is InChI=1S/C17H25FN4O/c1-3-4-9-23-10-5-8-21-17(20-2)22-13-15-7-6-14(12-19)11-16(15)18/h6-7,11H,3-5,8-10,13H2,1-2H3,(H2,20,21,22). The maximum absolute atomic E-state index is 13.8. The van der Waals surface area contributed by atoms with E-state index in [0.29, 0.717) is 30.2 Å². The number of hydrogen-bond acceptors (Lipinski definition) is 3. The number of nitriles is 1. The second kappa shape index (κ2) is 11.4. The molecule has 0 fully saturated rings. The molecule has 1 aromatic rings. The van der Waals surface area contributed by atoms with Gasteiger partial charge >= 0.3 is 0 Å². The fourth-order valence-electron chi connectivity index (χ4n) is 1.89. The van der Waals surface area contributed by atoms with Gasteiger partial charge in [-0.05, 0) is 25.0 Å². The summed E-state index contributed by atoms with van der Waals surface area (Å²) < 4.78 is 19.3. The van der Waals surface area contributed by atoms with Crippen LogP contribution in [0.25, 0.3) is 0 Å². The van der Waals surface area contributed by atoms with Crippen LogP contribution in [0.5, 0.6) is 0 Å². The number of rotatable bonds is 9. The molecule has 0 amide bonds. The Morgan fingerprint density at radius 2 is 2.09 bits per heavy atom. The maximum Gasteiger partial charge on any atom is 0.191 e. The zero-order chi connectivity index (χ0) is 16.9. The Morgan fingerprint density at radius 3 is 2.74 bits per heavy atom. The first-order valence-corrected chi connectivity index (χ1v) is 7.92. The number of guanidine groups is 1. The molecule has 2 N–H and O–H groups in total. The lowest BCUT2D eigenvalue weighted by atomic mass is 10.1. The predicted molar refractivity (Wildman–Crippen MR) is 89.7 cm³/mol. The van der Waals surface area contributed by atoms with E-state index in [9.17, 15) is 4.39 Å². The van der Waals surface area contributed by atoms with E-state index >= 15 is 0 Å². The van der Waals surface area contributed by atoms with Crippen molar-refractivity contribution in [3.8, 4) is 6.07 Å². The molecule has 0 heterocycles. The minimum absolute atomic E-state index is 0.310. The minimum Gasteiger partial charge on any atom is -0.381 e. The first-order chi connectivity index (χ1) is 11.2. The van der Waals surface area contributed by atoms with Gasteiger partial charge in [-0.2, -0.15) is 5.26 Å². The van der Waals surface area contributed by atoms with E-state index in [1.165, 1.54) is 6.07 Å². The van der Waals surface area contributed by atoms with Crippen LogP contribution in [0, 0.1) is 17.1 Å². The Labute approximate surface area is 137 Å². The number of nitrogens with one attached hydrogen (secondary N) is 2. The molecule has 23 heavy (non-hydrogen) atoms. The highest BCUT2D eigenvalue weighted by Crippen LogP contribution is 2.09. The number of hydrogen-bond donors (Lipinski definition) is 2. The van der Waals surface area contributed by atoms with Crippen molar-refractivity contribution in [2.45, 2.75) is 32.7 Å². The highest BCUT2D eigenvalue weighted by atomic mass is 19.1. The summed E-state index contributed by atoms with van der Waals surface area (Å²) >= 11 is 0. The fraction of sp³-hybridized carbons (Fsp3) is 0.529. The molecule has 0 radical (unpaired) electrons. The highest BCUT2D eigenvalue weighted by molar-refractivity contribution is 5.79. The Bertz CT molecular complexity index is 540. The van der Waals surface area contributed by atoms with Gasteiger partial charge < -0.3 is 15.4 Å². The third-order valence-corrected chi connectivity index (χ3v) is 3.25. The van der Waals surface area contributed by atoms with E-state index in [2.05, 4.69) is 22.5 Å². The van der Waals surface area contributed by atoms with Gasteiger partial charge in [-0.25, -0.2) is 4.39 Å². The summed E-state index contributed by atoms with van der Waals surface area (Å²) in [6.45, 7) is 4.71. The average Bonchev–Trinajstić information content (AvgIpc) is 2.57. The quantitative estimate of drug-likeness (QED) is 0.417. The van der Waals surface area contributed by atoms with Crippen molar-refractivity contribution in [1.29, 1.82) is 5.26 Å². The van der Waals surface area contributed by atoms with Crippen molar-refractivity contribution in [3.05, 3.63) is 35.1 Å². The molecule has 126 valence electrons. The Hall–Kier alpha value is -2.13. The number of aliphatic imine (C=N–C) groups is 1. The monoisotopic (exact) mass is 320 g/mol. The van der Waals surface area contributed by atoms with Crippen molar-refractivity contribution in [3.63, 3.8) is 0 Å². The molecular weight excluding hydrogens is 295 g/mol. The molecule has 0 spiro atoms. The first kappa shape index (κ1) is 18.9. The summed E-state index contributed by atoms with van der Waals surface area (Å²) in [6, 6.07) is 6.36. The summed E-state index contributed by atoms with van der Waals surface area (Å²) in [5.74, 6) is 0.221. The summed E-state index contributed by atoms with van der Waals surface area (Å²) in [4.78, 5) is 4.09. The molecule has 0 saturated heterocycles. The van der Waals surface area contributed by atoms with Gasteiger partial charge in [-0.1, -0.05) is 19.4 Å². The molecule has 0 aliphatic carbocycles. The predicted octanol–water partition coefficient (Wildman–Crippen LogP) is 2.57. The SMILES string of the molecule is CCCCOCCCNC(=NC)NCc1ccc(C#N)cc1F. The van der Waals surface area contributed by atoms with Crippen LogP contribution in [-0.2, 0) is 11.3 Å². The fourth-order valence-corrected chi connectivity index (χ4v) is 1.89. The van der Waals surface area contributed by atoms with Crippen molar-refractivity contribution >= 4 is 5.96 Å². The van der Waals surface area contributed by atoms with Crippen molar-refractivity contribution in [2.75, 3.05) is 26.8 Å². The lowest BCUT2D eigenvalue weighted by molar-refractivity contribution is 0.129. The number of nitrogens with zero attached hydrogens (tertiary/aromatic N) is 2. The molecule has 0 aliphatic rings. The number of benzene rings is 1. The molecule has 6 heteroatoms. The van der Waals surface area contributed by atoms with Gasteiger partial charge in [0.2, 0.25) is 0 Å². The van der Waals surface area contributed by atoms with E-state index in [4.69, 9.17) is 10.00 Å². The Balaban J connectivity index is 2.28. The zero-order valence-corrected chi connectivity index (χ0v) is 13.9. The van der Waals surface area contributed by atoms with Gasteiger partial charge in [0.1, 0.15) is 5.82 Å². The lowest BCUT2D eigenvalue weighted by Gasteiger charge is -2.12. The van der Waals surface area contributed by atoms with Gasteiger partial charge in [0.15, 0.2) is 5.96 Å². The summed E-state index contributed by atoms with van der Waals surface area (Å²) in [5.41, 5.74) is 0.812. The average molecular weight is 320 g/mol. The Morgan fingerprint density at radius 1 is 1.30 bits per heavy atom. The van der Waals surface area contributed by atoms with E-state index < -0.39 is 5.82 Å². The minimum atomic E-state index is -0.392. The van der Waals surface area contributed by atoms with Gasteiger partial charge in [0.25, 0.3) is 0 Å². The van der Waals surface area contributed by atoms with Crippen LogP contribution in [0.4, 0.5) is 4.39 Å². The molecule has 0 aliphatic heterocycles. The van der Waals surface area contributed by atoms with Gasteiger partial charge in [0.05, 0.1) is 11.6 Å². The molecule has 0 bridgehead atoms. The Kier molecular flexibility index (Phi) is 9.41. The molecule has 5 nitrogen and oxygen atoms in total. The van der Waals surface area contributed by atoms with Crippen LogP contribution in [0.1, 0.15) is 37.3 Å². The molecule has 0 aromatic heterocycles. The van der Waals surface area contributed by atoms with Crippen LogP contribution in [0.15, 0.2) is 23.2 Å². The normalized spacial score (nSPS) is 11.1. The van der Waals surface area contributed by atoms with Crippen molar-refractivity contribution in [1.82, 2.24) is 10.6 Å². The van der Waals surface area contributed by atoms with E-state index in [-0.39, 0.29) is 0 Å². The topological polar surface area (TPSA) is 69.4 Å². The highest BCUT2D eigenvalue weighted by Gasteiger charge is 2.04. The second-order valence-corrected chi connectivity index (χ2v) is 5.09. The number of unbranched alkanes of at least 4 members (excludes halogenated alkanes) is 1. The van der Waals surface area contributed by atoms with Crippen LogP contribution >= 0.6 is 0 Å². The molecule has 1 aromatic carbocycles. The van der Waals surface area contributed by atoms with Crippen LogP contribution < -0.4 is 10.6 Å². The van der Waals surface area contributed by atoms with Crippen LogP contribution in [0.3, 0.4) is 0 Å². The zero-order valence-electron chi connectivity index (χ0n) is 13.9. The molecular formula is C17H25FN4O. The molecule has 1 rings (SSSR count). The molecule has 0 atom stereocenters. The third-order valence-electron chi connectivity index (χ3n) is 3.25. The number of ether oxygens (including phenoxy) is 1. The summed E-state index contributed by atoms with van der Waals surface area (Å²) in [6.07, 6.45) is 3.11. The smallest absolute Gasteiger partial charge is 0.191 e. The number of halogens is 1.